The van der Waals surface area contributed by atoms with Crippen molar-refractivity contribution in [2.24, 2.45) is 0 Å². The number of nitrogens with zero attached hydrogens (tertiary/aromatic N) is 2. The number of benzene rings is 2. The number of ether oxygens (including phenoxy) is 2. The SMILES string of the molecule is CCOCCn1c(C(C)Oc2ccc(Cl)cc2)nc2ccccc21. The van der Waals surface area contributed by atoms with Crippen LogP contribution in [0.15, 0.2) is 48.5 Å². The van der Waals surface area contributed by atoms with E-state index in [-0.39, 0.29) is 6.10 Å². The summed E-state index contributed by atoms with van der Waals surface area (Å²) in [6.07, 6.45) is -0.180. The van der Waals surface area contributed by atoms with Crippen LogP contribution in [0.4, 0.5) is 0 Å². The van der Waals surface area contributed by atoms with Gasteiger partial charge in [0, 0.05) is 18.2 Å². The monoisotopic (exact) mass is 344 g/mol. The van der Waals surface area contributed by atoms with Gasteiger partial charge in [0.2, 0.25) is 0 Å². The molecular formula is C19H21ClN2O2. The average Bonchev–Trinajstić information content (AvgIpc) is 2.96. The number of halogens is 1. The highest BCUT2D eigenvalue weighted by Gasteiger charge is 2.18. The third kappa shape index (κ3) is 3.71. The van der Waals surface area contributed by atoms with E-state index in [1.165, 1.54) is 0 Å². The molecule has 0 fully saturated rings. The van der Waals surface area contributed by atoms with Gasteiger partial charge in [0.25, 0.3) is 0 Å². The van der Waals surface area contributed by atoms with Crippen molar-refractivity contribution in [3.8, 4) is 5.75 Å². The lowest BCUT2D eigenvalue weighted by Crippen LogP contribution is -2.14. The highest BCUT2D eigenvalue weighted by atomic mass is 35.5. The van der Waals surface area contributed by atoms with Crippen LogP contribution in [0, 0.1) is 0 Å². The summed E-state index contributed by atoms with van der Waals surface area (Å²) in [6.45, 7) is 6.11. The molecule has 0 spiro atoms. The second-order valence-electron chi connectivity index (χ2n) is 5.52. The van der Waals surface area contributed by atoms with Crippen molar-refractivity contribution in [1.29, 1.82) is 0 Å². The van der Waals surface area contributed by atoms with E-state index in [1.54, 1.807) is 0 Å². The molecule has 3 aromatic rings. The first kappa shape index (κ1) is 16.8. The molecule has 1 unspecified atom stereocenters. The molecule has 0 aliphatic rings. The molecule has 24 heavy (non-hydrogen) atoms. The minimum Gasteiger partial charge on any atom is -0.483 e. The van der Waals surface area contributed by atoms with E-state index in [2.05, 4.69) is 10.6 Å². The van der Waals surface area contributed by atoms with Crippen molar-refractivity contribution in [3.63, 3.8) is 0 Å². The Morgan fingerprint density at radius 2 is 1.88 bits per heavy atom. The van der Waals surface area contributed by atoms with Crippen molar-refractivity contribution in [3.05, 3.63) is 59.4 Å². The molecule has 5 heteroatoms. The highest BCUT2D eigenvalue weighted by molar-refractivity contribution is 6.30. The van der Waals surface area contributed by atoms with Crippen LogP contribution in [0.3, 0.4) is 0 Å². The van der Waals surface area contributed by atoms with Gasteiger partial charge in [-0.1, -0.05) is 23.7 Å². The van der Waals surface area contributed by atoms with Crippen LogP contribution in [0.5, 0.6) is 5.75 Å². The molecule has 2 aromatic carbocycles. The Kier molecular flexibility index (Phi) is 5.38. The minimum absolute atomic E-state index is 0.180. The Balaban J connectivity index is 1.88. The van der Waals surface area contributed by atoms with Crippen LogP contribution in [-0.2, 0) is 11.3 Å². The number of imidazole rings is 1. The zero-order valence-electron chi connectivity index (χ0n) is 13.9. The van der Waals surface area contributed by atoms with Gasteiger partial charge >= 0.3 is 0 Å². The largest absolute Gasteiger partial charge is 0.483 e. The van der Waals surface area contributed by atoms with E-state index >= 15 is 0 Å². The van der Waals surface area contributed by atoms with E-state index in [1.807, 2.05) is 56.3 Å². The predicted molar refractivity (Wildman–Crippen MR) is 96.7 cm³/mol. The summed E-state index contributed by atoms with van der Waals surface area (Å²) in [5.74, 6) is 1.67. The Bertz CT molecular complexity index is 799. The summed E-state index contributed by atoms with van der Waals surface area (Å²) in [6, 6.07) is 15.5. The van der Waals surface area contributed by atoms with Gasteiger partial charge in [-0.25, -0.2) is 4.98 Å². The zero-order valence-corrected chi connectivity index (χ0v) is 14.7. The van der Waals surface area contributed by atoms with E-state index in [0.717, 1.165) is 29.2 Å². The topological polar surface area (TPSA) is 36.3 Å². The fourth-order valence-electron chi connectivity index (χ4n) is 2.71. The molecule has 4 nitrogen and oxygen atoms in total. The number of hydrogen-bond acceptors (Lipinski definition) is 3. The molecule has 0 aliphatic heterocycles. The molecule has 1 aromatic heterocycles. The number of aromatic nitrogens is 2. The first-order chi connectivity index (χ1) is 11.7. The summed E-state index contributed by atoms with van der Waals surface area (Å²) in [7, 11) is 0. The molecule has 1 atom stereocenters. The second kappa shape index (κ2) is 7.69. The van der Waals surface area contributed by atoms with E-state index in [0.29, 0.717) is 18.2 Å². The first-order valence-electron chi connectivity index (χ1n) is 8.14. The lowest BCUT2D eigenvalue weighted by Gasteiger charge is -2.17. The summed E-state index contributed by atoms with van der Waals surface area (Å²) in [5.41, 5.74) is 2.06. The Morgan fingerprint density at radius 3 is 2.62 bits per heavy atom. The first-order valence-corrected chi connectivity index (χ1v) is 8.52. The Labute approximate surface area is 147 Å². The summed E-state index contributed by atoms with van der Waals surface area (Å²) in [4.78, 5) is 4.76. The maximum atomic E-state index is 6.05. The quantitative estimate of drug-likeness (QED) is 0.574. The van der Waals surface area contributed by atoms with Crippen molar-refractivity contribution < 1.29 is 9.47 Å². The number of rotatable bonds is 7. The predicted octanol–water partition coefficient (Wildman–Crippen LogP) is 4.87. The molecule has 0 aliphatic carbocycles. The number of para-hydroxylation sites is 2. The van der Waals surface area contributed by atoms with Crippen LogP contribution in [0.2, 0.25) is 5.02 Å². The Hall–Kier alpha value is -2.04. The second-order valence-corrected chi connectivity index (χ2v) is 5.96. The molecule has 1 heterocycles. The van der Waals surface area contributed by atoms with Crippen LogP contribution < -0.4 is 4.74 Å². The number of fused-ring (bicyclic) bond motifs is 1. The standard InChI is InChI=1S/C19H21ClN2O2/c1-3-23-13-12-22-18-7-5-4-6-17(18)21-19(22)14(2)24-16-10-8-15(20)9-11-16/h4-11,14H,3,12-13H2,1-2H3. The van der Waals surface area contributed by atoms with Gasteiger partial charge in [-0.3, -0.25) is 0 Å². The summed E-state index contributed by atoms with van der Waals surface area (Å²) in [5, 5.41) is 0.693. The van der Waals surface area contributed by atoms with Crippen molar-refractivity contribution in [2.75, 3.05) is 13.2 Å². The highest BCUT2D eigenvalue weighted by Crippen LogP contribution is 2.26. The molecule has 126 valence electrons. The van der Waals surface area contributed by atoms with Gasteiger partial charge < -0.3 is 14.0 Å². The molecule has 3 rings (SSSR count). The third-order valence-electron chi connectivity index (χ3n) is 3.84. The minimum atomic E-state index is -0.180. The van der Waals surface area contributed by atoms with E-state index < -0.39 is 0 Å². The zero-order chi connectivity index (χ0) is 16.9. The lowest BCUT2D eigenvalue weighted by molar-refractivity contribution is 0.136. The lowest BCUT2D eigenvalue weighted by atomic mass is 10.3. The summed E-state index contributed by atoms with van der Waals surface area (Å²) >= 11 is 5.93. The van der Waals surface area contributed by atoms with Crippen LogP contribution in [-0.4, -0.2) is 22.8 Å². The van der Waals surface area contributed by atoms with E-state index in [9.17, 15) is 0 Å². The molecule has 0 bridgehead atoms. The van der Waals surface area contributed by atoms with Gasteiger partial charge in [-0.05, 0) is 50.2 Å². The van der Waals surface area contributed by atoms with Gasteiger partial charge in [0.15, 0.2) is 11.9 Å². The maximum absolute atomic E-state index is 6.05. The molecule has 0 amide bonds. The van der Waals surface area contributed by atoms with Gasteiger partial charge in [0.05, 0.1) is 17.6 Å². The van der Waals surface area contributed by atoms with E-state index in [4.69, 9.17) is 26.1 Å². The van der Waals surface area contributed by atoms with Gasteiger partial charge in [0.1, 0.15) is 5.75 Å². The normalized spacial score (nSPS) is 12.5. The average molecular weight is 345 g/mol. The van der Waals surface area contributed by atoms with Crippen LogP contribution >= 0.6 is 11.6 Å². The molecule has 0 radical (unpaired) electrons. The molecule has 0 saturated heterocycles. The summed E-state index contributed by atoms with van der Waals surface area (Å²) < 4.78 is 13.7. The van der Waals surface area contributed by atoms with Gasteiger partial charge in [-0.2, -0.15) is 0 Å². The smallest absolute Gasteiger partial charge is 0.153 e. The van der Waals surface area contributed by atoms with Gasteiger partial charge in [-0.15, -0.1) is 0 Å². The van der Waals surface area contributed by atoms with Crippen molar-refractivity contribution in [2.45, 2.75) is 26.5 Å². The molecular weight excluding hydrogens is 324 g/mol. The fraction of sp³-hybridized carbons (Fsp3) is 0.316. The van der Waals surface area contributed by atoms with Crippen LogP contribution in [0.25, 0.3) is 11.0 Å². The number of hydrogen-bond donors (Lipinski definition) is 0. The Morgan fingerprint density at radius 1 is 1.12 bits per heavy atom. The van der Waals surface area contributed by atoms with Crippen molar-refractivity contribution in [1.82, 2.24) is 9.55 Å². The van der Waals surface area contributed by atoms with Crippen molar-refractivity contribution >= 4 is 22.6 Å². The maximum Gasteiger partial charge on any atom is 0.153 e. The molecule has 0 saturated carbocycles. The molecule has 0 N–H and O–H groups in total. The fourth-order valence-corrected chi connectivity index (χ4v) is 2.84. The van der Waals surface area contributed by atoms with Crippen LogP contribution in [0.1, 0.15) is 25.8 Å². The third-order valence-corrected chi connectivity index (χ3v) is 4.09.